The second kappa shape index (κ2) is 5.38. The molecular formula is C9H18O2Si. The molecule has 1 atom stereocenters. The van der Waals surface area contributed by atoms with E-state index in [1.54, 1.807) is 7.11 Å². The molecule has 1 rings (SSSR count). The van der Waals surface area contributed by atoms with E-state index in [2.05, 4.69) is 6.08 Å². The van der Waals surface area contributed by atoms with E-state index in [1.165, 1.54) is 25.7 Å². The fourth-order valence-electron chi connectivity index (χ4n) is 1.47. The van der Waals surface area contributed by atoms with Gasteiger partial charge in [0.2, 0.25) is 0 Å². The molecule has 0 amide bonds. The second-order valence-corrected chi connectivity index (χ2v) is 5.19. The van der Waals surface area contributed by atoms with Gasteiger partial charge in [0.15, 0.2) is 0 Å². The number of rotatable bonds is 4. The van der Waals surface area contributed by atoms with E-state index in [1.807, 2.05) is 12.8 Å². The van der Waals surface area contributed by atoms with Crippen LogP contribution in [0, 0.1) is 5.92 Å². The van der Waals surface area contributed by atoms with Gasteiger partial charge in [0.25, 0.3) is 0 Å². The minimum absolute atomic E-state index is 0.767. The second-order valence-electron chi connectivity index (χ2n) is 3.31. The molecule has 70 valence electrons. The molecule has 0 aromatic carbocycles. The standard InChI is InChI=1S/C9H18O2Si/c1-10-12(2)11-8-7-9-5-3-4-6-9/h7-9,12H,3-6H2,1-2H3. The fraction of sp³-hybridized carbons (Fsp3) is 0.778. The van der Waals surface area contributed by atoms with Gasteiger partial charge in [0, 0.05) is 7.11 Å². The van der Waals surface area contributed by atoms with Crippen LogP contribution in [-0.2, 0) is 8.85 Å². The van der Waals surface area contributed by atoms with Crippen molar-refractivity contribution in [2.45, 2.75) is 32.2 Å². The topological polar surface area (TPSA) is 18.5 Å². The summed E-state index contributed by atoms with van der Waals surface area (Å²) in [5.41, 5.74) is 0. The SMILES string of the molecule is CO[SiH](C)OC=CC1CCCC1. The quantitative estimate of drug-likeness (QED) is 0.495. The fourth-order valence-corrected chi connectivity index (χ4v) is 1.90. The lowest BCUT2D eigenvalue weighted by atomic mass is 10.1. The first-order chi connectivity index (χ1) is 5.83. The van der Waals surface area contributed by atoms with Crippen LogP contribution in [0.3, 0.4) is 0 Å². The minimum Gasteiger partial charge on any atom is -0.529 e. The summed E-state index contributed by atoms with van der Waals surface area (Å²) < 4.78 is 10.5. The molecule has 0 bridgehead atoms. The van der Waals surface area contributed by atoms with Crippen LogP contribution in [0.5, 0.6) is 0 Å². The van der Waals surface area contributed by atoms with E-state index in [0.29, 0.717) is 0 Å². The number of allylic oxidation sites excluding steroid dienone is 1. The van der Waals surface area contributed by atoms with Crippen LogP contribution in [0.4, 0.5) is 0 Å². The summed E-state index contributed by atoms with van der Waals surface area (Å²) >= 11 is 0. The average Bonchev–Trinajstić information content (AvgIpc) is 2.57. The Bertz CT molecular complexity index is 141. The summed E-state index contributed by atoms with van der Waals surface area (Å²) in [6, 6.07) is 0. The van der Waals surface area contributed by atoms with Gasteiger partial charge in [-0.3, -0.25) is 0 Å². The van der Waals surface area contributed by atoms with Crippen LogP contribution in [0.2, 0.25) is 6.55 Å². The summed E-state index contributed by atoms with van der Waals surface area (Å²) in [6.45, 7) is 2.03. The van der Waals surface area contributed by atoms with Crippen molar-refractivity contribution in [1.82, 2.24) is 0 Å². The molecule has 0 saturated heterocycles. The van der Waals surface area contributed by atoms with Gasteiger partial charge in [0.05, 0.1) is 6.26 Å². The highest BCUT2D eigenvalue weighted by atomic mass is 28.3. The molecule has 0 heterocycles. The largest absolute Gasteiger partial charge is 0.529 e. The number of hydrogen-bond donors (Lipinski definition) is 0. The van der Waals surface area contributed by atoms with E-state index in [-0.39, 0.29) is 0 Å². The van der Waals surface area contributed by atoms with Crippen molar-refractivity contribution in [2.75, 3.05) is 7.11 Å². The van der Waals surface area contributed by atoms with Crippen LogP contribution in [0.1, 0.15) is 25.7 Å². The minimum atomic E-state index is -1.33. The summed E-state index contributed by atoms with van der Waals surface area (Å²) in [5.74, 6) is 0.767. The molecule has 1 saturated carbocycles. The van der Waals surface area contributed by atoms with Gasteiger partial charge in [-0.1, -0.05) is 12.8 Å². The van der Waals surface area contributed by atoms with E-state index in [4.69, 9.17) is 8.85 Å². The summed E-state index contributed by atoms with van der Waals surface area (Å²) in [6.07, 6.45) is 9.47. The zero-order chi connectivity index (χ0) is 8.81. The maximum Gasteiger partial charge on any atom is 0.378 e. The summed E-state index contributed by atoms with van der Waals surface area (Å²) in [4.78, 5) is 0. The lowest BCUT2D eigenvalue weighted by Crippen LogP contribution is -2.12. The van der Waals surface area contributed by atoms with Gasteiger partial charge in [-0.05, 0) is 31.4 Å². The third kappa shape index (κ3) is 3.41. The Morgan fingerprint density at radius 1 is 1.33 bits per heavy atom. The Balaban J connectivity index is 2.11. The first-order valence-electron chi connectivity index (χ1n) is 4.68. The normalized spacial score (nSPS) is 21.8. The highest BCUT2D eigenvalue weighted by Crippen LogP contribution is 2.25. The van der Waals surface area contributed by atoms with Crippen LogP contribution in [0.25, 0.3) is 0 Å². The Labute approximate surface area is 76.4 Å². The van der Waals surface area contributed by atoms with Gasteiger partial charge in [-0.15, -0.1) is 0 Å². The predicted molar refractivity (Wildman–Crippen MR) is 52.2 cm³/mol. The number of hydrogen-bond acceptors (Lipinski definition) is 2. The van der Waals surface area contributed by atoms with Crippen molar-refractivity contribution in [3.05, 3.63) is 12.3 Å². The van der Waals surface area contributed by atoms with Crippen molar-refractivity contribution in [3.63, 3.8) is 0 Å². The molecule has 0 aliphatic heterocycles. The highest BCUT2D eigenvalue weighted by Gasteiger charge is 2.11. The lowest BCUT2D eigenvalue weighted by Gasteiger charge is -2.07. The molecule has 1 unspecified atom stereocenters. The first kappa shape index (κ1) is 9.80. The molecule has 1 aliphatic carbocycles. The Hall–Kier alpha value is -0.283. The van der Waals surface area contributed by atoms with E-state index in [0.717, 1.165) is 5.92 Å². The molecule has 1 aliphatic rings. The molecule has 0 radical (unpaired) electrons. The van der Waals surface area contributed by atoms with E-state index in [9.17, 15) is 0 Å². The molecule has 2 nitrogen and oxygen atoms in total. The van der Waals surface area contributed by atoms with Crippen LogP contribution in [-0.4, -0.2) is 16.4 Å². The maximum atomic E-state index is 5.39. The molecule has 12 heavy (non-hydrogen) atoms. The Morgan fingerprint density at radius 3 is 2.58 bits per heavy atom. The van der Waals surface area contributed by atoms with E-state index >= 15 is 0 Å². The molecule has 3 heteroatoms. The predicted octanol–water partition coefficient (Wildman–Crippen LogP) is 2.20. The van der Waals surface area contributed by atoms with Crippen molar-refractivity contribution in [1.29, 1.82) is 0 Å². The smallest absolute Gasteiger partial charge is 0.378 e. The molecule has 0 aromatic heterocycles. The third-order valence-electron chi connectivity index (χ3n) is 2.35. The molecule has 1 fully saturated rings. The third-order valence-corrected chi connectivity index (χ3v) is 3.56. The van der Waals surface area contributed by atoms with Crippen LogP contribution >= 0.6 is 0 Å². The van der Waals surface area contributed by atoms with Crippen molar-refractivity contribution in [2.24, 2.45) is 5.92 Å². The van der Waals surface area contributed by atoms with Crippen molar-refractivity contribution >= 4 is 9.28 Å². The zero-order valence-corrected chi connectivity index (χ0v) is 9.11. The summed E-state index contributed by atoms with van der Waals surface area (Å²) in [5, 5.41) is 0. The van der Waals surface area contributed by atoms with Crippen molar-refractivity contribution in [3.8, 4) is 0 Å². The van der Waals surface area contributed by atoms with Crippen LogP contribution < -0.4 is 0 Å². The molecule has 0 aromatic rings. The van der Waals surface area contributed by atoms with Gasteiger partial charge in [0.1, 0.15) is 0 Å². The Morgan fingerprint density at radius 2 is 2.00 bits per heavy atom. The summed E-state index contributed by atoms with van der Waals surface area (Å²) in [7, 11) is 0.380. The van der Waals surface area contributed by atoms with Crippen LogP contribution in [0.15, 0.2) is 12.3 Å². The molecule has 0 spiro atoms. The maximum absolute atomic E-state index is 5.39. The van der Waals surface area contributed by atoms with Gasteiger partial charge in [-0.25, -0.2) is 0 Å². The van der Waals surface area contributed by atoms with Gasteiger partial charge < -0.3 is 8.85 Å². The van der Waals surface area contributed by atoms with Crippen molar-refractivity contribution < 1.29 is 8.85 Å². The average molecular weight is 186 g/mol. The lowest BCUT2D eigenvalue weighted by molar-refractivity contribution is 0.312. The Kier molecular flexibility index (Phi) is 4.39. The first-order valence-corrected chi connectivity index (χ1v) is 6.77. The van der Waals surface area contributed by atoms with E-state index < -0.39 is 9.28 Å². The zero-order valence-electron chi connectivity index (χ0n) is 7.95. The molecule has 0 N–H and O–H groups in total. The van der Waals surface area contributed by atoms with Gasteiger partial charge in [-0.2, -0.15) is 0 Å². The highest BCUT2D eigenvalue weighted by molar-refractivity contribution is 6.42. The molecular weight excluding hydrogens is 168 g/mol. The van der Waals surface area contributed by atoms with Gasteiger partial charge >= 0.3 is 9.28 Å². The monoisotopic (exact) mass is 186 g/mol.